The third-order valence-electron chi connectivity index (χ3n) is 3.04. The predicted molar refractivity (Wildman–Crippen MR) is 72.1 cm³/mol. The minimum atomic E-state index is 0.601. The highest BCUT2D eigenvalue weighted by Gasteiger charge is 2.14. The van der Waals surface area contributed by atoms with Crippen LogP contribution in [0.4, 0.5) is 0 Å². The van der Waals surface area contributed by atoms with Crippen LogP contribution >= 0.6 is 11.6 Å². The quantitative estimate of drug-likeness (QED) is 0.794. The maximum absolute atomic E-state index is 5.99. The van der Waals surface area contributed by atoms with Gasteiger partial charge in [-0.05, 0) is 43.0 Å². The van der Waals surface area contributed by atoms with E-state index in [0.717, 1.165) is 18.0 Å². The Bertz CT molecular complexity index is 311. The summed E-state index contributed by atoms with van der Waals surface area (Å²) in [4.78, 5) is 0. The van der Waals surface area contributed by atoms with Crippen LogP contribution in [0.25, 0.3) is 0 Å². The predicted octanol–water partition coefficient (Wildman–Crippen LogP) is 3.91. The molecule has 90 valence electrons. The highest BCUT2D eigenvalue weighted by Crippen LogP contribution is 2.17. The van der Waals surface area contributed by atoms with E-state index in [9.17, 15) is 0 Å². The van der Waals surface area contributed by atoms with E-state index in [-0.39, 0.29) is 0 Å². The van der Waals surface area contributed by atoms with Gasteiger partial charge in [-0.1, -0.05) is 44.5 Å². The zero-order valence-electron chi connectivity index (χ0n) is 10.5. The van der Waals surface area contributed by atoms with Gasteiger partial charge in [0.15, 0.2) is 0 Å². The molecular formula is C14H22ClN. The first-order valence-corrected chi connectivity index (χ1v) is 6.53. The highest BCUT2D eigenvalue weighted by atomic mass is 35.5. The Kier molecular flexibility index (Phi) is 5.86. The molecule has 0 aliphatic carbocycles. The van der Waals surface area contributed by atoms with Gasteiger partial charge < -0.3 is 5.32 Å². The lowest BCUT2D eigenvalue weighted by molar-refractivity contribution is 0.371. The van der Waals surface area contributed by atoms with Gasteiger partial charge in [-0.2, -0.15) is 0 Å². The summed E-state index contributed by atoms with van der Waals surface area (Å²) in [5, 5.41) is 4.37. The summed E-state index contributed by atoms with van der Waals surface area (Å²) in [7, 11) is 0. The van der Waals surface area contributed by atoms with Gasteiger partial charge in [-0.3, -0.25) is 0 Å². The van der Waals surface area contributed by atoms with Crippen LogP contribution in [0.3, 0.4) is 0 Å². The smallest absolute Gasteiger partial charge is 0.0408 e. The topological polar surface area (TPSA) is 12.0 Å². The second kappa shape index (κ2) is 6.93. The van der Waals surface area contributed by atoms with E-state index in [2.05, 4.69) is 38.2 Å². The minimum Gasteiger partial charge on any atom is -0.314 e. The summed E-state index contributed by atoms with van der Waals surface area (Å²) in [5.74, 6) is 0.642. The maximum Gasteiger partial charge on any atom is 0.0408 e. The molecule has 0 heterocycles. The SMILES string of the molecule is CCNC(CC)C(C)Cc1cccc(Cl)c1. The van der Waals surface area contributed by atoms with Gasteiger partial charge in [0.1, 0.15) is 0 Å². The molecule has 1 rings (SSSR count). The average molecular weight is 240 g/mol. The number of hydrogen-bond acceptors (Lipinski definition) is 1. The lowest BCUT2D eigenvalue weighted by Gasteiger charge is -2.23. The van der Waals surface area contributed by atoms with Gasteiger partial charge in [0.05, 0.1) is 0 Å². The van der Waals surface area contributed by atoms with E-state index in [1.807, 2.05) is 12.1 Å². The monoisotopic (exact) mass is 239 g/mol. The van der Waals surface area contributed by atoms with Crippen LogP contribution in [0.15, 0.2) is 24.3 Å². The van der Waals surface area contributed by atoms with Crippen molar-refractivity contribution in [1.29, 1.82) is 0 Å². The summed E-state index contributed by atoms with van der Waals surface area (Å²) in [6.45, 7) is 7.74. The lowest BCUT2D eigenvalue weighted by atomic mass is 9.92. The Morgan fingerprint density at radius 3 is 2.62 bits per heavy atom. The van der Waals surface area contributed by atoms with E-state index in [1.165, 1.54) is 12.0 Å². The molecule has 0 fully saturated rings. The van der Waals surface area contributed by atoms with Crippen molar-refractivity contribution in [3.63, 3.8) is 0 Å². The molecule has 0 bridgehead atoms. The third-order valence-corrected chi connectivity index (χ3v) is 3.27. The fraction of sp³-hybridized carbons (Fsp3) is 0.571. The second-order valence-electron chi connectivity index (χ2n) is 4.38. The Morgan fingerprint density at radius 2 is 2.06 bits per heavy atom. The molecule has 0 aliphatic rings. The number of rotatable bonds is 6. The maximum atomic E-state index is 5.99. The van der Waals surface area contributed by atoms with Crippen LogP contribution < -0.4 is 5.32 Å². The molecule has 1 nitrogen and oxygen atoms in total. The van der Waals surface area contributed by atoms with Crippen LogP contribution in [0, 0.1) is 5.92 Å². The molecule has 0 spiro atoms. The molecule has 16 heavy (non-hydrogen) atoms. The average Bonchev–Trinajstić information content (AvgIpc) is 2.25. The summed E-state index contributed by atoms with van der Waals surface area (Å²) in [6, 6.07) is 8.78. The first-order valence-electron chi connectivity index (χ1n) is 6.15. The zero-order chi connectivity index (χ0) is 12.0. The first kappa shape index (κ1) is 13.5. The molecular weight excluding hydrogens is 218 g/mol. The van der Waals surface area contributed by atoms with Crippen molar-refractivity contribution < 1.29 is 0 Å². The fourth-order valence-electron chi connectivity index (χ4n) is 2.19. The molecule has 0 saturated carbocycles. The summed E-state index contributed by atoms with van der Waals surface area (Å²) < 4.78 is 0. The molecule has 0 amide bonds. The van der Waals surface area contributed by atoms with Crippen molar-refractivity contribution in [3.05, 3.63) is 34.9 Å². The second-order valence-corrected chi connectivity index (χ2v) is 4.82. The van der Waals surface area contributed by atoms with Crippen LogP contribution in [0.5, 0.6) is 0 Å². The molecule has 1 aromatic carbocycles. The van der Waals surface area contributed by atoms with E-state index in [4.69, 9.17) is 11.6 Å². The van der Waals surface area contributed by atoms with Crippen LogP contribution in [0.2, 0.25) is 5.02 Å². The fourth-order valence-corrected chi connectivity index (χ4v) is 2.40. The van der Waals surface area contributed by atoms with E-state index < -0.39 is 0 Å². The Morgan fingerprint density at radius 1 is 1.31 bits per heavy atom. The van der Waals surface area contributed by atoms with E-state index in [1.54, 1.807) is 0 Å². The molecule has 0 saturated heterocycles. The zero-order valence-corrected chi connectivity index (χ0v) is 11.2. The molecule has 2 heteroatoms. The van der Waals surface area contributed by atoms with Crippen LogP contribution in [-0.4, -0.2) is 12.6 Å². The third kappa shape index (κ3) is 4.15. The molecule has 0 aromatic heterocycles. The number of hydrogen-bond donors (Lipinski definition) is 1. The summed E-state index contributed by atoms with van der Waals surface area (Å²) in [6.07, 6.45) is 2.27. The Hall–Kier alpha value is -0.530. The standard InChI is InChI=1S/C14H22ClN/c1-4-14(16-5-2)11(3)9-12-7-6-8-13(15)10-12/h6-8,10-11,14,16H,4-5,9H2,1-3H3. The van der Waals surface area contributed by atoms with Gasteiger partial charge in [0, 0.05) is 11.1 Å². The Labute approximate surface area is 104 Å². The van der Waals surface area contributed by atoms with Crippen molar-refractivity contribution in [2.45, 2.75) is 39.7 Å². The lowest BCUT2D eigenvalue weighted by Crippen LogP contribution is -2.35. The van der Waals surface area contributed by atoms with Crippen molar-refractivity contribution in [1.82, 2.24) is 5.32 Å². The van der Waals surface area contributed by atoms with Crippen molar-refractivity contribution in [2.75, 3.05) is 6.54 Å². The number of halogens is 1. The molecule has 1 N–H and O–H groups in total. The van der Waals surface area contributed by atoms with E-state index >= 15 is 0 Å². The van der Waals surface area contributed by atoms with Crippen molar-refractivity contribution in [2.24, 2.45) is 5.92 Å². The van der Waals surface area contributed by atoms with Gasteiger partial charge in [0.25, 0.3) is 0 Å². The van der Waals surface area contributed by atoms with Gasteiger partial charge in [-0.15, -0.1) is 0 Å². The van der Waals surface area contributed by atoms with Crippen LogP contribution in [0.1, 0.15) is 32.8 Å². The molecule has 1 aromatic rings. The number of nitrogens with one attached hydrogen (secondary N) is 1. The van der Waals surface area contributed by atoms with Crippen molar-refractivity contribution in [3.8, 4) is 0 Å². The van der Waals surface area contributed by atoms with Gasteiger partial charge in [-0.25, -0.2) is 0 Å². The normalized spacial score (nSPS) is 14.8. The molecule has 0 radical (unpaired) electrons. The highest BCUT2D eigenvalue weighted by molar-refractivity contribution is 6.30. The molecule has 2 atom stereocenters. The van der Waals surface area contributed by atoms with Gasteiger partial charge in [0.2, 0.25) is 0 Å². The first-order chi connectivity index (χ1) is 7.67. The molecule has 0 aliphatic heterocycles. The van der Waals surface area contributed by atoms with Crippen LogP contribution in [-0.2, 0) is 6.42 Å². The Balaban J connectivity index is 2.58. The van der Waals surface area contributed by atoms with E-state index in [0.29, 0.717) is 12.0 Å². The molecule has 2 unspecified atom stereocenters. The summed E-state index contributed by atoms with van der Waals surface area (Å²) in [5.41, 5.74) is 1.33. The summed E-state index contributed by atoms with van der Waals surface area (Å²) >= 11 is 5.99. The van der Waals surface area contributed by atoms with Gasteiger partial charge >= 0.3 is 0 Å². The largest absolute Gasteiger partial charge is 0.314 e. The minimum absolute atomic E-state index is 0.601. The van der Waals surface area contributed by atoms with Crippen molar-refractivity contribution >= 4 is 11.6 Å². The number of benzene rings is 1.